The molecule has 0 aromatic carbocycles. The molecule has 6 heteroatoms. The summed E-state index contributed by atoms with van der Waals surface area (Å²) in [5.74, 6) is -0.247. The van der Waals surface area contributed by atoms with E-state index in [2.05, 4.69) is 0 Å². The second-order valence-corrected chi connectivity index (χ2v) is 5.02. The van der Waals surface area contributed by atoms with Crippen molar-refractivity contribution in [2.75, 3.05) is 26.3 Å². The molecule has 3 unspecified atom stereocenters. The summed E-state index contributed by atoms with van der Waals surface area (Å²) in [5.41, 5.74) is -0.636. The van der Waals surface area contributed by atoms with E-state index in [0.29, 0.717) is 38.4 Å². The number of nitrogens with zero attached hydrogens (tertiary/aromatic N) is 2. The molecular weight excluding hydrogens is 236 g/mol. The molecule has 1 aliphatic carbocycles. The van der Waals surface area contributed by atoms with Crippen LogP contribution in [0.4, 0.5) is 0 Å². The molecule has 0 aromatic rings. The van der Waals surface area contributed by atoms with Crippen LogP contribution in [0, 0.1) is 16.0 Å². The van der Waals surface area contributed by atoms with Gasteiger partial charge in [-0.05, 0) is 6.42 Å². The molecule has 1 saturated heterocycles. The number of nitro groups is 1. The molecule has 18 heavy (non-hydrogen) atoms. The van der Waals surface area contributed by atoms with Crippen molar-refractivity contribution in [3.05, 3.63) is 21.9 Å². The first-order chi connectivity index (χ1) is 8.50. The Labute approximate surface area is 106 Å². The third-order valence-electron chi connectivity index (χ3n) is 3.97. The monoisotopic (exact) mass is 256 g/mol. The van der Waals surface area contributed by atoms with Gasteiger partial charge in [-0.1, -0.05) is 19.9 Å². The van der Waals surface area contributed by atoms with Gasteiger partial charge in [0.15, 0.2) is 5.60 Å². The Morgan fingerprint density at radius 1 is 1.61 bits per heavy atom. The number of morpholine rings is 1. The zero-order valence-corrected chi connectivity index (χ0v) is 10.8. The second-order valence-electron chi connectivity index (χ2n) is 5.02. The van der Waals surface area contributed by atoms with E-state index in [0.717, 1.165) is 0 Å². The quantitative estimate of drug-likeness (QED) is 0.592. The minimum absolute atomic E-state index is 0.247. The third kappa shape index (κ3) is 1.99. The largest absolute Gasteiger partial charge is 0.378 e. The predicted octanol–water partition coefficient (Wildman–Crippen LogP) is 0.639. The summed E-state index contributed by atoms with van der Waals surface area (Å²) in [6, 6.07) is -0.944. The van der Waals surface area contributed by atoms with E-state index < -0.39 is 11.6 Å². The summed E-state index contributed by atoms with van der Waals surface area (Å²) >= 11 is 0. The number of hydrogen-bond acceptors (Lipinski definition) is 5. The van der Waals surface area contributed by atoms with Gasteiger partial charge in [-0.3, -0.25) is 10.1 Å². The lowest BCUT2D eigenvalue weighted by atomic mass is 9.89. The second kappa shape index (κ2) is 4.85. The van der Waals surface area contributed by atoms with E-state index in [1.807, 2.05) is 11.0 Å². The zero-order chi connectivity index (χ0) is 13.3. The van der Waals surface area contributed by atoms with Gasteiger partial charge in [-0.15, -0.1) is 0 Å². The molecule has 0 bridgehead atoms. The highest BCUT2D eigenvalue weighted by Crippen LogP contribution is 2.40. The minimum Gasteiger partial charge on any atom is -0.378 e. The topological polar surface area (TPSA) is 75.8 Å². The van der Waals surface area contributed by atoms with Crippen LogP contribution in [0.1, 0.15) is 20.3 Å². The van der Waals surface area contributed by atoms with Gasteiger partial charge >= 0.3 is 0 Å². The van der Waals surface area contributed by atoms with Crippen LogP contribution in [-0.2, 0) is 4.74 Å². The molecule has 102 valence electrons. The van der Waals surface area contributed by atoms with Crippen LogP contribution in [0.5, 0.6) is 0 Å². The Kier molecular flexibility index (Phi) is 3.59. The van der Waals surface area contributed by atoms with Gasteiger partial charge < -0.3 is 14.7 Å². The Balaban J connectivity index is 2.28. The summed E-state index contributed by atoms with van der Waals surface area (Å²) in [5, 5.41) is 21.9. The van der Waals surface area contributed by atoms with Gasteiger partial charge in [0.05, 0.1) is 13.2 Å². The van der Waals surface area contributed by atoms with E-state index >= 15 is 0 Å². The molecule has 2 rings (SSSR count). The smallest absolute Gasteiger partial charge is 0.252 e. The van der Waals surface area contributed by atoms with Crippen LogP contribution >= 0.6 is 0 Å². The molecule has 1 heterocycles. The van der Waals surface area contributed by atoms with Gasteiger partial charge in [-0.2, -0.15) is 0 Å². The summed E-state index contributed by atoms with van der Waals surface area (Å²) < 4.78 is 5.28. The lowest BCUT2D eigenvalue weighted by molar-refractivity contribution is -0.547. The maximum Gasteiger partial charge on any atom is 0.252 e. The zero-order valence-electron chi connectivity index (χ0n) is 10.8. The maximum atomic E-state index is 11.2. The number of aliphatic hydroxyl groups is 1. The van der Waals surface area contributed by atoms with Crippen LogP contribution in [0.2, 0.25) is 0 Å². The van der Waals surface area contributed by atoms with Crippen LogP contribution in [0.25, 0.3) is 0 Å². The first-order valence-corrected chi connectivity index (χ1v) is 6.41. The summed E-state index contributed by atoms with van der Waals surface area (Å²) in [6.07, 6.45) is 2.20. The van der Waals surface area contributed by atoms with Crippen LogP contribution < -0.4 is 0 Å². The van der Waals surface area contributed by atoms with E-state index in [1.165, 1.54) is 0 Å². The van der Waals surface area contributed by atoms with Crippen LogP contribution in [0.15, 0.2) is 11.8 Å². The average molecular weight is 256 g/mol. The molecule has 0 aromatic heterocycles. The molecule has 1 aliphatic heterocycles. The highest BCUT2D eigenvalue weighted by Gasteiger charge is 2.55. The van der Waals surface area contributed by atoms with Gasteiger partial charge in [0, 0.05) is 29.6 Å². The highest BCUT2D eigenvalue weighted by molar-refractivity contribution is 5.27. The molecule has 0 amide bonds. The molecular formula is C12H20N2O4. The average Bonchev–Trinajstić information content (AvgIpc) is 2.63. The van der Waals surface area contributed by atoms with Crippen molar-refractivity contribution < 1.29 is 14.8 Å². The first kappa shape index (κ1) is 13.3. The molecule has 2 aliphatic rings. The number of rotatable bonds is 3. The third-order valence-corrected chi connectivity index (χ3v) is 3.97. The Morgan fingerprint density at radius 2 is 2.22 bits per heavy atom. The number of ether oxygens (including phenoxy) is 1. The van der Waals surface area contributed by atoms with Gasteiger partial charge in [-0.25, -0.2) is 0 Å². The van der Waals surface area contributed by atoms with Gasteiger partial charge in [0.25, 0.3) is 6.04 Å². The minimum atomic E-state index is -1.35. The fraction of sp³-hybridized carbons (Fsp3) is 0.833. The van der Waals surface area contributed by atoms with Crippen molar-refractivity contribution in [2.24, 2.45) is 5.92 Å². The van der Waals surface area contributed by atoms with Crippen molar-refractivity contribution in [2.45, 2.75) is 31.9 Å². The van der Waals surface area contributed by atoms with Crippen LogP contribution in [-0.4, -0.2) is 52.9 Å². The Hall–Kier alpha value is -1.14. The van der Waals surface area contributed by atoms with E-state index in [-0.39, 0.29) is 10.8 Å². The Morgan fingerprint density at radius 3 is 2.72 bits per heavy atom. The van der Waals surface area contributed by atoms with Crippen molar-refractivity contribution in [3.63, 3.8) is 0 Å². The lowest BCUT2D eigenvalue weighted by Crippen LogP contribution is -2.52. The van der Waals surface area contributed by atoms with E-state index in [1.54, 1.807) is 13.8 Å². The van der Waals surface area contributed by atoms with Crippen molar-refractivity contribution in [1.82, 2.24) is 4.90 Å². The van der Waals surface area contributed by atoms with Crippen LogP contribution in [0.3, 0.4) is 0 Å². The standard InChI is InChI=1S/C12H20N2O4/c1-3-12(15)10(13-4-6-18-7-5-13)8-9(2)11(12)14(16)17/h8-9,11,15H,3-7H2,1-2H3. The molecule has 0 saturated carbocycles. The molecule has 1 fully saturated rings. The van der Waals surface area contributed by atoms with Gasteiger partial charge in [0.2, 0.25) is 0 Å². The van der Waals surface area contributed by atoms with Gasteiger partial charge in [0.1, 0.15) is 0 Å². The SMILES string of the molecule is CCC1(O)C(N2CCOCC2)=CC(C)C1[N+](=O)[O-]. The first-order valence-electron chi connectivity index (χ1n) is 6.41. The normalized spacial score (nSPS) is 36.6. The van der Waals surface area contributed by atoms with Crippen molar-refractivity contribution in [1.29, 1.82) is 0 Å². The molecule has 1 N–H and O–H groups in total. The lowest BCUT2D eigenvalue weighted by Gasteiger charge is -2.37. The number of hydrogen-bond donors (Lipinski definition) is 1. The fourth-order valence-corrected chi connectivity index (χ4v) is 3.01. The summed E-state index contributed by atoms with van der Waals surface area (Å²) in [7, 11) is 0. The molecule has 0 spiro atoms. The van der Waals surface area contributed by atoms with E-state index in [9.17, 15) is 15.2 Å². The fourth-order valence-electron chi connectivity index (χ4n) is 3.01. The predicted molar refractivity (Wildman–Crippen MR) is 65.7 cm³/mol. The summed E-state index contributed by atoms with van der Waals surface area (Å²) in [6.45, 7) is 6.17. The maximum absolute atomic E-state index is 11.2. The van der Waals surface area contributed by atoms with Crippen molar-refractivity contribution in [3.8, 4) is 0 Å². The molecule has 6 nitrogen and oxygen atoms in total. The van der Waals surface area contributed by atoms with Crippen molar-refractivity contribution >= 4 is 0 Å². The summed E-state index contributed by atoms with van der Waals surface area (Å²) in [4.78, 5) is 12.9. The molecule has 3 atom stereocenters. The van der Waals surface area contributed by atoms with E-state index in [4.69, 9.17) is 4.74 Å². The highest BCUT2D eigenvalue weighted by atomic mass is 16.6. The molecule has 0 radical (unpaired) electrons. The Bertz CT molecular complexity index is 365.